The molecule has 1 radical (unpaired) electrons. The third-order valence-electron chi connectivity index (χ3n) is 3.45. The van der Waals surface area contributed by atoms with Crippen LogP contribution in [0.15, 0.2) is 72.9 Å². The molecule has 0 aliphatic carbocycles. The average Bonchev–Trinajstić information content (AvgIpc) is 2.99. The summed E-state index contributed by atoms with van der Waals surface area (Å²) in [6.07, 6.45) is 2.03. The second kappa shape index (κ2) is 6.73. The molecule has 0 saturated heterocycles. The second-order valence-corrected chi connectivity index (χ2v) is 7.13. The number of hydrogen-bond donors (Lipinski definition) is 0. The van der Waals surface area contributed by atoms with Crippen LogP contribution in [-0.2, 0) is 20.1 Å². The maximum absolute atomic E-state index is 4.60. The number of pyridine rings is 1. The molecule has 0 N–H and O–H groups in total. The molecular formula is C19H12IrNSe-. The van der Waals surface area contributed by atoms with Crippen molar-refractivity contribution in [2.24, 2.45) is 0 Å². The summed E-state index contributed by atoms with van der Waals surface area (Å²) < 4.78 is 2.79. The molecule has 0 bridgehead atoms. The Balaban J connectivity index is 0.00000144. The monoisotopic (exact) mass is 527 g/mol. The standard InChI is InChI=1S/C19H12NSe.Ir/c1-3-7-14(8-4-1)17-11-16-12-18(21-19(16)13-20-17)15-9-5-2-6-10-15;/h1-7,9-13H;/q-1;. The first kappa shape index (κ1) is 15.4. The molecule has 1 nitrogen and oxygen atoms in total. The average molecular weight is 525 g/mol. The summed E-state index contributed by atoms with van der Waals surface area (Å²) in [5.74, 6) is 0. The number of nitrogens with zero attached hydrogens (tertiary/aromatic N) is 1. The van der Waals surface area contributed by atoms with Crippen molar-refractivity contribution in [3.8, 4) is 21.3 Å². The van der Waals surface area contributed by atoms with E-state index in [0.717, 1.165) is 11.3 Å². The molecule has 4 rings (SSSR count). The van der Waals surface area contributed by atoms with E-state index in [4.69, 9.17) is 0 Å². The minimum atomic E-state index is 0. The Morgan fingerprint density at radius 3 is 2.50 bits per heavy atom. The van der Waals surface area contributed by atoms with Gasteiger partial charge in [-0.15, -0.1) is 0 Å². The van der Waals surface area contributed by atoms with E-state index in [2.05, 4.69) is 59.6 Å². The summed E-state index contributed by atoms with van der Waals surface area (Å²) in [5.41, 5.74) is 3.37. The third kappa shape index (κ3) is 2.99. The fraction of sp³-hybridized carbons (Fsp3) is 0. The van der Waals surface area contributed by atoms with Crippen LogP contribution in [0.3, 0.4) is 0 Å². The molecule has 3 heteroatoms. The molecule has 4 aromatic rings. The molecule has 0 fully saturated rings. The predicted octanol–water partition coefficient (Wildman–Crippen LogP) is 4.42. The van der Waals surface area contributed by atoms with Gasteiger partial charge >= 0.3 is 129 Å². The Kier molecular flexibility index (Phi) is 4.71. The van der Waals surface area contributed by atoms with Crippen LogP contribution in [0.2, 0.25) is 0 Å². The van der Waals surface area contributed by atoms with Crippen LogP contribution in [-0.4, -0.2) is 19.5 Å². The zero-order valence-corrected chi connectivity index (χ0v) is 15.7. The maximum atomic E-state index is 4.60. The van der Waals surface area contributed by atoms with Crippen molar-refractivity contribution in [2.75, 3.05) is 0 Å². The molecular weight excluding hydrogens is 513 g/mol. The van der Waals surface area contributed by atoms with Crippen LogP contribution < -0.4 is 0 Å². The third-order valence-corrected chi connectivity index (χ3v) is 5.83. The van der Waals surface area contributed by atoms with Gasteiger partial charge in [-0.2, -0.15) is 0 Å². The number of benzene rings is 2. The second-order valence-electron chi connectivity index (χ2n) is 4.86. The number of hydrogen-bond acceptors (Lipinski definition) is 1. The van der Waals surface area contributed by atoms with E-state index >= 15 is 0 Å². The van der Waals surface area contributed by atoms with Gasteiger partial charge in [0.1, 0.15) is 0 Å². The first-order valence-electron chi connectivity index (χ1n) is 6.82. The Morgan fingerprint density at radius 1 is 0.909 bits per heavy atom. The summed E-state index contributed by atoms with van der Waals surface area (Å²) in [5, 5.41) is 1.30. The molecule has 0 amide bonds. The van der Waals surface area contributed by atoms with E-state index in [9.17, 15) is 0 Å². The van der Waals surface area contributed by atoms with Crippen molar-refractivity contribution in [3.05, 3.63) is 79.0 Å². The Hall–Kier alpha value is -1.50. The van der Waals surface area contributed by atoms with Crippen molar-refractivity contribution in [1.82, 2.24) is 4.98 Å². The summed E-state index contributed by atoms with van der Waals surface area (Å²) in [6.45, 7) is 0. The van der Waals surface area contributed by atoms with Gasteiger partial charge in [-0.1, -0.05) is 0 Å². The number of rotatable bonds is 2. The minimum absolute atomic E-state index is 0. The summed E-state index contributed by atoms with van der Waals surface area (Å²) in [7, 11) is 0. The van der Waals surface area contributed by atoms with Crippen LogP contribution in [0.5, 0.6) is 0 Å². The molecule has 0 aliphatic rings. The molecule has 2 heterocycles. The first-order chi connectivity index (χ1) is 10.4. The molecule has 22 heavy (non-hydrogen) atoms. The van der Waals surface area contributed by atoms with Crippen molar-refractivity contribution in [1.29, 1.82) is 0 Å². The van der Waals surface area contributed by atoms with E-state index in [-0.39, 0.29) is 20.1 Å². The summed E-state index contributed by atoms with van der Waals surface area (Å²) in [4.78, 5) is 4.60. The molecule has 2 aromatic carbocycles. The van der Waals surface area contributed by atoms with Gasteiger partial charge in [-0.25, -0.2) is 0 Å². The predicted molar refractivity (Wildman–Crippen MR) is 88.4 cm³/mol. The van der Waals surface area contributed by atoms with Crippen LogP contribution in [0.1, 0.15) is 0 Å². The fourth-order valence-corrected chi connectivity index (χ4v) is 4.53. The van der Waals surface area contributed by atoms with Gasteiger partial charge in [0, 0.05) is 20.1 Å². The molecule has 2 aromatic heterocycles. The van der Waals surface area contributed by atoms with E-state index in [1.165, 1.54) is 19.6 Å². The normalized spacial score (nSPS) is 10.4. The van der Waals surface area contributed by atoms with Crippen LogP contribution in [0.4, 0.5) is 0 Å². The van der Waals surface area contributed by atoms with Crippen molar-refractivity contribution >= 4 is 24.1 Å². The van der Waals surface area contributed by atoms with Gasteiger partial charge in [0.2, 0.25) is 0 Å². The molecule has 0 saturated carbocycles. The molecule has 109 valence electrons. The number of aromatic nitrogens is 1. The molecule has 0 atom stereocenters. The van der Waals surface area contributed by atoms with Gasteiger partial charge in [0.25, 0.3) is 0 Å². The molecule has 0 unspecified atom stereocenters. The number of fused-ring (bicyclic) bond motifs is 1. The van der Waals surface area contributed by atoms with Crippen molar-refractivity contribution < 1.29 is 20.1 Å². The van der Waals surface area contributed by atoms with E-state index in [1.807, 2.05) is 24.4 Å². The Labute approximate surface area is 149 Å². The van der Waals surface area contributed by atoms with Crippen molar-refractivity contribution in [3.63, 3.8) is 0 Å². The fourth-order valence-electron chi connectivity index (χ4n) is 2.39. The first-order valence-corrected chi connectivity index (χ1v) is 8.53. The van der Waals surface area contributed by atoms with Crippen LogP contribution in [0, 0.1) is 6.07 Å². The Bertz CT molecular complexity index is 848. The van der Waals surface area contributed by atoms with Gasteiger partial charge in [0.15, 0.2) is 0 Å². The van der Waals surface area contributed by atoms with Gasteiger partial charge in [-0.05, 0) is 0 Å². The SMILES string of the molecule is [Ir].[c-]1ccccc1-c1cc2cc(-c3ccccc3)[se]c2cn1. The van der Waals surface area contributed by atoms with Gasteiger partial charge < -0.3 is 0 Å². The zero-order chi connectivity index (χ0) is 14.1. The van der Waals surface area contributed by atoms with Crippen molar-refractivity contribution in [2.45, 2.75) is 0 Å². The van der Waals surface area contributed by atoms with E-state index in [1.54, 1.807) is 0 Å². The summed E-state index contributed by atoms with van der Waals surface area (Å²) >= 11 is 0.350. The quantitative estimate of drug-likeness (QED) is 0.279. The van der Waals surface area contributed by atoms with Crippen LogP contribution in [0.25, 0.3) is 30.9 Å². The Morgan fingerprint density at radius 2 is 1.73 bits per heavy atom. The molecule has 0 spiro atoms. The van der Waals surface area contributed by atoms with Gasteiger partial charge in [0.05, 0.1) is 0 Å². The van der Waals surface area contributed by atoms with E-state index in [0.29, 0.717) is 14.5 Å². The van der Waals surface area contributed by atoms with E-state index < -0.39 is 0 Å². The summed E-state index contributed by atoms with van der Waals surface area (Å²) in [6, 6.07) is 26.3. The van der Waals surface area contributed by atoms with Crippen LogP contribution >= 0.6 is 0 Å². The topological polar surface area (TPSA) is 12.9 Å². The zero-order valence-electron chi connectivity index (χ0n) is 11.6. The van der Waals surface area contributed by atoms with Gasteiger partial charge in [-0.3, -0.25) is 0 Å². The molecule has 0 aliphatic heterocycles.